The molecule has 0 amide bonds. The molecule has 7 aromatic rings. The predicted molar refractivity (Wildman–Crippen MR) is 219 cm³/mol. The molecule has 0 heterocycles. The van der Waals surface area contributed by atoms with E-state index in [9.17, 15) is 0 Å². The third-order valence-corrected chi connectivity index (χ3v) is 10.8. The smallest absolute Gasteiger partial charge is 0.0465 e. The second-order valence-corrected chi connectivity index (χ2v) is 13.7. The first-order valence-corrected chi connectivity index (χ1v) is 18.2. The molecule has 1 aliphatic carbocycles. The first-order valence-electron chi connectivity index (χ1n) is 18.2. The lowest BCUT2D eigenvalue weighted by Gasteiger charge is -2.32. The summed E-state index contributed by atoms with van der Waals surface area (Å²) >= 11 is 0. The maximum atomic E-state index is 2.46. The zero-order chi connectivity index (χ0) is 34.8. The van der Waals surface area contributed by atoms with Crippen molar-refractivity contribution in [3.63, 3.8) is 0 Å². The van der Waals surface area contributed by atoms with Gasteiger partial charge in [-0.25, -0.2) is 0 Å². The summed E-state index contributed by atoms with van der Waals surface area (Å²) in [4.78, 5) is 2.38. The minimum Gasteiger partial charge on any atom is -0.310 e. The van der Waals surface area contributed by atoms with E-state index in [0.717, 1.165) is 24.2 Å². The highest BCUT2D eigenvalue weighted by molar-refractivity contribution is 5.88. The van der Waals surface area contributed by atoms with Crippen LogP contribution in [0.4, 0.5) is 17.1 Å². The second-order valence-electron chi connectivity index (χ2n) is 13.7. The number of benzene rings is 7. The standard InChI is InChI=1S/C50H43N/c1-4-50(5-2)48-34-38(23-22-37-24-27-40(28-25-37)44-30-21-36(3)33-47(44)39-15-9-6-10-16-39)26-31-45(48)46-32-29-43(35-49(46)50)51(41-17-11-7-12-18-41)42-19-13-8-14-20-42/h6-35H,4-5H2,1-3H3/b23-22+. The normalized spacial score (nSPS) is 12.8. The number of para-hydroxylation sites is 2. The molecule has 0 N–H and O–H groups in total. The average Bonchev–Trinajstić information content (AvgIpc) is 3.47. The molecule has 1 heteroatoms. The Labute approximate surface area is 303 Å². The minimum absolute atomic E-state index is 0.0459. The summed E-state index contributed by atoms with van der Waals surface area (Å²) in [6, 6.07) is 62.0. The number of nitrogens with zero attached hydrogens (tertiary/aromatic N) is 1. The van der Waals surface area contributed by atoms with Crippen LogP contribution in [0.2, 0.25) is 0 Å². The van der Waals surface area contributed by atoms with Gasteiger partial charge in [0.05, 0.1) is 0 Å². The van der Waals surface area contributed by atoms with Crippen molar-refractivity contribution in [2.45, 2.75) is 39.0 Å². The quantitative estimate of drug-likeness (QED) is 0.140. The van der Waals surface area contributed by atoms with Gasteiger partial charge in [-0.3, -0.25) is 0 Å². The van der Waals surface area contributed by atoms with Crippen LogP contribution >= 0.6 is 0 Å². The summed E-state index contributed by atoms with van der Waals surface area (Å²) in [5, 5.41) is 0. The second kappa shape index (κ2) is 13.8. The van der Waals surface area contributed by atoms with Crippen LogP contribution < -0.4 is 4.90 Å². The summed E-state index contributed by atoms with van der Waals surface area (Å²) in [5.41, 5.74) is 17.8. The lowest BCUT2D eigenvalue weighted by molar-refractivity contribution is 0.490. The van der Waals surface area contributed by atoms with E-state index in [1.54, 1.807) is 0 Å². The van der Waals surface area contributed by atoms with Crippen LogP contribution in [0.5, 0.6) is 0 Å². The van der Waals surface area contributed by atoms with Crippen LogP contribution in [0.1, 0.15) is 54.5 Å². The predicted octanol–water partition coefficient (Wildman–Crippen LogP) is 14.1. The molecule has 0 bridgehead atoms. The van der Waals surface area contributed by atoms with E-state index in [4.69, 9.17) is 0 Å². The summed E-state index contributed by atoms with van der Waals surface area (Å²) in [6.07, 6.45) is 6.61. The van der Waals surface area contributed by atoms with Crippen LogP contribution in [0.3, 0.4) is 0 Å². The highest BCUT2D eigenvalue weighted by atomic mass is 15.1. The first-order chi connectivity index (χ1) is 25.1. The number of fused-ring (bicyclic) bond motifs is 3. The highest BCUT2D eigenvalue weighted by Crippen LogP contribution is 2.54. The number of anilines is 3. The summed E-state index contributed by atoms with van der Waals surface area (Å²) in [5.74, 6) is 0. The number of aryl methyl sites for hydroxylation is 1. The Morgan fingerprint density at radius 3 is 1.57 bits per heavy atom. The van der Waals surface area contributed by atoms with Crippen LogP contribution in [0, 0.1) is 6.92 Å². The Morgan fingerprint density at radius 1 is 0.431 bits per heavy atom. The van der Waals surface area contributed by atoms with Crippen molar-refractivity contribution in [2.75, 3.05) is 4.90 Å². The van der Waals surface area contributed by atoms with Crippen molar-refractivity contribution in [1.82, 2.24) is 0 Å². The van der Waals surface area contributed by atoms with Gasteiger partial charge in [-0.2, -0.15) is 0 Å². The van der Waals surface area contributed by atoms with Crippen LogP contribution in [0.25, 0.3) is 45.5 Å². The molecule has 0 atom stereocenters. The van der Waals surface area contributed by atoms with Crippen molar-refractivity contribution in [3.8, 4) is 33.4 Å². The van der Waals surface area contributed by atoms with Crippen LogP contribution in [-0.4, -0.2) is 0 Å². The Hall–Kier alpha value is -5.92. The van der Waals surface area contributed by atoms with Gasteiger partial charge in [-0.05, 0) is 112 Å². The molecule has 248 valence electrons. The van der Waals surface area contributed by atoms with Gasteiger partial charge in [0.15, 0.2) is 0 Å². The van der Waals surface area contributed by atoms with E-state index in [-0.39, 0.29) is 5.41 Å². The topological polar surface area (TPSA) is 3.24 Å². The molecule has 1 nitrogen and oxygen atoms in total. The number of hydrogen-bond donors (Lipinski definition) is 0. The zero-order valence-electron chi connectivity index (χ0n) is 29.7. The molecular weight excluding hydrogens is 615 g/mol. The first kappa shape index (κ1) is 32.3. The molecule has 0 unspecified atom stereocenters. The Bertz CT molecular complexity index is 2270. The lowest BCUT2D eigenvalue weighted by atomic mass is 9.73. The minimum atomic E-state index is -0.0459. The zero-order valence-corrected chi connectivity index (χ0v) is 29.7. The molecule has 0 spiro atoms. The molecule has 0 aliphatic heterocycles. The van der Waals surface area contributed by atoms with Gasteiger partial charge in [0.1, 0.15) is 0 Å². The fraction of sp³-hybridized carbons (Fsp3) is 0.120. The van der Waals surface area contributed by atoms with Gasteiger partial charge >= 0.3 is 0 Å². The van der Waals surface area contributed by atoms with Gasteiger partial charge < -0.3 is 4.90 Å². The molecule has 0 saturated carbocycles. The van der Waals surface area contributed by atoms with Gasteiger partial charge in [-0.1, -0.05) is 165 Å². The van der Waals surface area contributed by atoms with Crippen molar-refractivity contribution < 1.29 is 0 Å². The molecule has 8 rings (SSSR count). The Balaban J connectivity index is 1.11. The third kappa shape index (κ3) is 6.00. The highest BCUT2D eigenvalue weighted by Gasteiger charge is 2.41. The molecule has 7 aromatic carbocycles. The maximum absolute atomic E-state index is 2.46. The molecule has 51 heavy (non-hydrogen) atoms. The van der Waals surface area contributed by atoms with Crippen molar-refractivity contribution in [3.05, 3.63) is 198 Å². The van der Waals surface area contributed by atoms with Crippen molar-refractivity contribution in [1.29, 1.82) is 0 Å². The fourth-order valence-corrected chi connectivity index (χ4v) is 8.09. The summed E-state index contributed by atoms with van der Waals surface area (Å²) in [6.45, 7) is 6.86. The van der Waals surface area contributed by atoms with Gasteiger partial charge in [-0.15, -0.1) is 0 Å². The van der Waals surface area contributed by atoms with Gasteiger partial charge in [0.2, 0.25) is 0 Å². The number of rotatable bonds is 9. The van der Waals surface area contributed by atoms with E-state index in [0.29, 0.717) is 0 Å². The maximum Gasteiger partial charge on any atom is 0.0465 e. The SMILES string of the molecule is CCC1(CC)c2cc(/C=C/c3ccc(-c4ccc(C)cc4-c4ccccc4)cc3)ccc2-c2ccc(N(c3ccccc3)c3ccccc3)cc21. The third-order valence-electron chi connectivity index (χ3n) is 10.8. The molecule has 0 fully saturated rings. The molecule has 0 radical (unpaired) electrons. The lowest BCUT2D eigenvalue weighted by Crippen LogP contribution is -2.23. The van der Waals surface area contributed by atoms with E-state index in [2.05, 4.69) is 208 Å². The van der Waals surface area contributed by atoms with E-state index < -0.39 is 0 Å². The summed E-state index contributed by atoms with van der Waals surface area (Å²) < 4.78 is 0. The van der Waals surface area contributed by atoms with Crippen LogP contribution in [0.15, 0.2) is 170 Å². The molecule has 0 saturated heterocycles. The molecule has 0 aromatic heterocycles. The van der Waals surface area contributed by atoms with Crippen molar-refractivity contribution >= 4 is 29.2 Å². The molecule has 1 aliphatic rings. The van der Waals surface area contributed by atoms with Gasteiger partial charge in [0, 0.05) is 22.5 Å². The Morgan fingerprint density at radius 2 is 0.941 bits per heavy atom. The monoisotopic (exact) mass is 657 g/mol. The summed E-state index contributed by atoms with van der Waals surface area (Å²) in [7, 11) is 0. The van der Waals surface area contributed by atoms with Crippen LogP contribution in [-0.2, 0) is 5.41 Å². The fourth-order valence-electron chi connectivity index (χ4n) is 8.09. The van der Waals surface area contributed by atoms with Gasteiger partial charge in [0.25, 0.3) is 0 Å². The average molecular weight is 658 g/mol. The van der Waals surface area contributed by atoms with E-state index in [1.807, 2.05) is 0 Å². The van der Waals surface area contributed by atoms with Crippen molar-refractivity contribution in [2.24, 2.45) is 0 Å². The molecular formula is C50H43N. The van der Waals surface area contributed by atoms with E-state index >= 15 is 0 Å². The Kier molecular flexibility index (Phi) is 8.72. The largest absolute Gasteiger partial charge is 0.310 e. The van der Waals surface area contributed by atoms with E-state index in [1.165, 1.54) is 66.9 Å². The number of hydrogen-bond acceptors (Lipinski definition) is 1.